The molecule has 0 amide bonds. The highest BCUT2D eigenvalue weighted by atomic mass is 16.5. The Hall–Kier alpha value is -2.30. The molecule has 0 aliphatic carbocycles. The fourth-order valence-electron chi connectivity index (χ4n) is 1.64. The third-order valence-electron chi connectivity index (χ3n) is 2.62. The first kappa shape index (κ1) is 14.8. The molecule has 0 saturated heterocycles. The monoisotopic (exact) mass is 263 g/mol. The number of esters is 1. The van der Waals surface area contributed by atoms with Gasteiger partial charge in [0.15, 0.2) is 0 Å². The molecule has 5 nitrogen and oxygen atoms in total. The topological polar surface area (TPSA) is 55.8 Å². The van der Waals surface area contributed by atoms with E-state index in [-0.39, 0.29) is 13.1 Å². The first-order valence-electron chi connectivity index (χ1n) is 5.72. The minimum atomic E-state index is -0.420. The van der Waals surface area contributed by atoms with Crippen LogP contribution < -0.4 is 9.64 Å². The number of ether oxygens (including phenoxy) is 2. The van der Waals surface area contributed by atoms with E-state index in [0.29, 0.717) is 11.4 Å². The molecule has 0 heterocycles. The van der Waals surface area contributed by atoms with Crippen LogP contribution in [-0.2, 0) is 14.3 Å². The Morgan fingerprint density at radius 3 is 2.68 bits per heavy atom. The normalized spacial score (nSPS) is 9.58. The second-order valence-corrected chi connectivity index (χ2v) is 3.76. The van der Waals surface area contributed by atoms with Crippen LogP contribution in [0.25, 0.3) is 6.08 Å². The summed E-state index contributed by atoms with van der Waals surface area (Å²) in [4.78, 5) is 23.7. The first-order chi connectivity index (χ1) is 9.15. The van der Waals surface area contributed by atoms with Crippen LogP contribution in [0, 0.1) is 0 Å². The van der Waals surface area contributed by atoms with E-state index in [4.69, 9.17) is 4.74 Å². The maximum absolute atomic E-state index is 11.4. The third kappa shape index (κ3) is 3.84. The predicted octanol–water partition coefficient (Wildman–Crippen LogP) is 1.52. The summed E-state index contributed by atoms with van der Waals surface area (Å²) in [6.45, 7) is 3.75. The second-order valence-electron chi connectivity index (χ2n) is 3.76. The predicted molar refractivity (Wildman–Crippen MR) is 73.4 cm³/mol. The van der Waals surface area contributed by atoms with Gasteiger partial charge in [0.05, 0.1) is 26.5 Å². The Kier molecular flexibility index (Phi) is 5.60. The summed E-state index contributed by atoms with van der Waals surface area (Å²) in [6.07, 6.45) is 2.42. The summed E-state index contributed by atoms with van der Waals surface area (Å²) in [7, 11) is 2.84. The van der Waals surface area contributed by atoms with Gasteiger partial charge in [-0.2, -0.15) is 0 Å². The minimum Gasteiger partial charge on any atom is -0.495 e. The van der Waals surface area contributed by atoms with Gasteiger partial charge in [-0.05, 0) is 17.7 Å². The molecule has 0 unspecified atom stereocenters. The number of nitrogens with zero attached hydrogens (tertiary/aromatic N) is 1. The van der Waals surface area contributed by atoms with Gasteiger partial charge >= 0.3 is 5.97 Å². The van der Waals surface area contributed by atoms with Crippen LogP contribution in [0.5, 0.6) is 5.75 Å². The Morgan fingerprint density at radius 2 is 2.16 bits per heavy atom. The molecule has 1 aromatic rings. The molecule has 102 valence electrons. The number of rotatable bonds is 7. The van der Waals surface area contributed by atoms with Crippen molar-refractivity contribution in [2.45, 2.75) is 0 Å². The average Bonchev–Trinajstić information content (AvgIpc) is 2.45. The highest BCUT2D eigenvalue weighted by Gasteiger charge is 2.15. The Balaban J connectivity index is 3.09. The summed E-state index contributed by atoms with van der Waals surface area (Å²) < 4.78 is 9.89. The van der Waals surface area contributed by atoms with Crippen molar-refractivity contribution in [1.82, 2.24) is 0 Å². The fraction of sp³-hybridized carbons (Fsp3) is 0.286. The number of anilines is 1. The maximum atomic E-state index is 11.4. The van der Waals surface area contributed by atoms with E-state index in [1.807, 2.05) is 6.07 Å². The van der Waals surface area contributed by atoms with E-state index in [1.165, 1.54) is 14.2 Å². The van der Waals surface area contributed by atoms with E-state index in [1.54, 1.807) is 23.1 Å². The molecule has 0 saturated carbocycles. The summed E-state index contributed by atoms with van der Waals surface area (Å²) >= 11 is 0. The molecule has 0 N–H and O–H groups in total. The van der Waals surface area contributed by atoms with E-state index in [9.17, 15) is 9.59 Å². The quantitative estimate of drug-likeness (QED) is 0.551. The van der Waals surface area contributed by atoms with Crippen molar-refractivity contribution in [2.24, 2.45) is 0 Å². The molecule has 0 aliphatic rings. The molecule has 0 atom stereocenters. The molecule has 1 rings (SSSR count). The fourth-order valence-corrected chi connectivity index (χ4v) is 1.64. The van der Waals surface area contributed by atoms with Gasteiger partial charge in [0.25, 0.3) is 0 Å². The molecule has 19 heavy (non-hydrogen) atoms. The van der Waals surface area contributed by atoms with Crippen molar-refractivity contribution in [2.75, 3.05) is 32.2 Å². The molecule has 0 fully saturated rings. The second kappa shape index (κ2) is 7.20. The van der Waals surface area contributed by atoms with Gasteiger partial charge in [0.2, 0.25) is 0 Å². The summed E-state index contributed by atoms with van der Waals surface area (Å²) in [6, 6.07) is 5.40. The van der Waals surface area contributed by atoms with Gasteiger partial charge in [0.1, 0.15) is 18.6 Å². The Labute approximate surface area is 112 Å². The lowest BCUT2D eigenvalue weighted by Crippen LogP contribution is -2.32. The van der Waals surface area contributed by atoms with Crippen molar-refractivity contribution in [3.63, 3.8) is 0 Å². The summed E-state index contributed by atoms with van der Waals surface area (Å²) in [5.41, 5.74) is 1.55. The zero-order chi connectivity index (χ0) is 14.3. The molecular formula is C14H17NO4. The van der Waals surface area contributed by atoms with Crippen molar-refractivity contribution in [3.8, 4) is 5.75 Å². The highest BCUT2D eigenvalue weighted by Crippen LogP contribution is 2.29. The summed E-state index contributed by atoms with van der Waals surface area (Å²) in [5, 5.41) is 0. The van der Waals surface area contributed by atoms with Gasteiger partial charge in [0, 0.05) is 0 Å². The molecule has 0 aromatic heterocycles. The molecular weight excluding hydrogens is 246 g/mol. The van der Waals surface area contributed by atoms with Gasteiger partial charge < -0.3 is 19.2 Å². The van der Waals surface area contributed by atoms with Crippen molar-refractivity contribution in [1.29, 1.82) is 0 Å². The number of hydrogen-bond donors (Lipinski definition) is 0. The van der Waals surface area contributed by atoms with E-state index in [0.717, 1.165) is 11.8 Å². The Bertz CT molecular complexity index is 471. The number of carbonyl (C=O) groups excluding carboxylic acids is 2. The Morgan fingerprint density at radius 1 is 1.42 bits per heavy atom. The number of benzene rings is 1. The van der Waals surface area contributed by atoms with E-state index < -0.39 is 5.97 Å². The zero-order valence-electron chi connectivity index (χ0n) is 11.1. The van der Waals surface area contributed by atoms with Crippen LogP contribution in [0.4, 0.5) is 5.69 Å². The number of methoxy groups -OCH3 is 2. The summed E-state index contributed by atoms with van der Waals surface area (Å²) in [5.74, 6) is 0.153. The smallest absolute Gasteiger partial charge is 0.325 e. The third-order valence-corrected chi connectivity index (χ3v) is 2.62. The number of carbonyl (C=O) groups is 2. The van der Waals surface area contributed by atoms with Crippen molar-refractivity contribution in [3.05, 3.63) is 30.3 Å². The van der Waals surface area contributed by atoms with E-state index >= 15 is 0 Å². The molecule has 0 bridgehead atoms. The van der Waals surface area contributed by atoms with Crippen LogP contribution in [0.2, 0.25) is 0 Å². The zero-order valence-corrected chi connectivity index (χ0v) is 11.1. The highest BCUT2D eigenvalue weighted by molar-refractivity contribution is 5.79. The SMILES string of the molecule is C=Cc1ccc(N(CC=O)CC(=O)OC)c(OC)c1. The average molecular weight is 263 g/mol. The molecule has 5 heteroatoms. The van der Waals surface area contributed by atoms with Crippen LogP contribution in [-0.4, -0.2) is 39.6 Å². The largest absolute Gasteiger partial charge is 0.495 e. The number of hydrogen-bond acceptors (Lipinski definition) is 5. The minimum absolute atomic E-state index is 0.0148. The van der Waals surface area contributed by atoms with Crippen molar-refractivity contribution >= 4 is 24.0 Å². The molecule has 0 radical (unpaired) electrons. The van der Waals surface area contributed by atoms with Gasteiger partial charge in [-0.25, -0.2) is 0 Å². The lowest BCUT2D eigenvalue weighted by atomic mass is 10.1. The molecule has 1 aromatic carbocycles. The number of aldehydes is 1. The van der Waals surface area contributed by atoms with Crippen LogP contribution >= 0.6 is 0 Å². The van der Waals surface area contributed by atoms with Gasteiger partial charge in [-0.3, -0.25) is 4.79 Å². The van der Waals surface area contributed by atoms with Crippen LogP contribution in [0.1, 0.15) is 5.56 Å². The standard InChI is InChI=1S/C14H17NO4/c1-4-11-5-6-12(13(9-11)18-2)15(7-8-16)10-14(17)19-3/h4-6,8-9H,1,7,10H2,2-3H3. The molecule has 0 spiro atoms. The van der Waals surface area contributed by atoms with Crippen molar-refractivity contribution < 1.29 is 19.1 Å². The van der Waals surface area contributed by atoms with Crippen LogP contribution in [0.3, 0.4) is 0 Å². The first-order valence-corrected chi connectivity index (χ1v) is 5.72. The van der Waals surface area contributed by atoms with Crippen LogP contribution in [0.15, 0.2) is 24.8 Å². The van der Waals surface area contributed by atoms with E-state index in [2.05, 4.69) is 11.3 Å². The van der Waals surface area contributed by atoms with Gasteiger partial charge in [-0.1, -0.05) is 18.7 Å². The lowest BCUT2D eigenvalue weighted by Gasteiger charge is -2.23. The maximum Gasteiger partial charge on any atom is 0.325 e. The lowest BCUT2D eigenvalue weighted by molar-refractivity contribution is -0.138. The van der Waals surface area contributed by atoms with Gasteiger partial charge in [-0.15, -0.1) is 0 Å². The molecule has 0 aliphatic heterocycles.